The molecule has 0 radical (unpaired) electrons. The fraction of sp³-hybridized carbons (Fsp3) is 0.333. The second kappa shape index (κ2) is 9.20. The van der Waals surface area contributed by atoms with Crippen molar-refractivity contribution in [3.63, 3.8) is 0 Å². The third-order valence-electron chi connectivity index (χ3n) is 2.46. The first-order valence-electron chi connectivity index (χ1n) is 6.50. The van der Waals surface area contributed by atoms with Gasteiger partial charge in [0.05, 0.1) is 5.75 Å². The summed E-state index contributed by atoms with van der Waals surface area (Å²) in [6, 6.07) is 7.09. The van der Waals surface area contributed by atoms with E-state index in [9.17, 15) is 9.59 Å². The SMILES string of the molecule is CCCCSCC(=O)Nc1cccc(/C=C/C(=O)O)c1. The van der Waals surface area contributed by atoms with Crippen molar-refractivity contribution in [1.29, 1.82) is 0 Å². The smallest absolute Gasteiger partial charge is 0.328 e. The van der Waals surface area contributed by atoms with E-state index in [4.69, 9.17) is 5.11 Å². The zero-order chi connectivity index (χ0) is 14.8. The molecule has 5 heteroatoms. The molecule has 1 rings (SSSR count). The Balaban J connectivity index is 2.49. The topological polar surface area (TPSA) is 66.4 Å². The Morgan fingerprint density at radius 2 is 2.20 bits per heavy atom. The van der Waals surface area contributed by atoms with Crippen LogP contribution in [-0.4, -0.2) is 28.5 Å². The summed E-state index contributed by atoms with van der Waals surface area (Å²) in [5.74, 6) is 0.401. The van der Waals surface area contributed by atoms with Gasteiger partial charge in [-0.2, -0.15) is 11.8 Å². The third kappa shape index (κ3) is 6.99. The van der Waals surface area contributed by atoms with E-state index < -0.39 is 5.97 Å². The molecule has 0 saturated carbocycles. The maximum atomic E-state index is 11.7. The van der Waals surface area contributed by atoms with Crippen molar-refractivity contribution in [2.24, 2.45) is 0 Å². The summed E-state index contributed by atoms with van der Waals surface area (Å²) >= 11 is 1.62. The van der Waals surface area contributed by atoms with Crippen molar-refractivity contribution in [1.82, 2.24) is 0 Å². The highest BCUT2D eigenvalue weighted by molar-refractivity contribution is 7.99. The molecule has 0 aliphatic carbocycles. The molecule has 108 valence electrons. The number of carboxylic acid groups (broad SMARTS) is 1. The normalized spacial score (nSPS) is 10.7. The number of rotatable bonds is 8. The van der Waals surface area contributed by atoms with Gasteiger partial charge >= 0.3 is 5.97 Å². The molecule has 0 bridgehead atoms. The molecule has 0 aliphatic rings. The van der Waals surface area contributed by atoms with E-state index in [1.165, 1.54) is 6.08 Å². The van der Waals surface area contributed by atoms with E-state index >= 15 is 0 Å². The lowest BCUT2D eigenvalue weighted by atomic mass is 10.2. The first-order chi connectivity index (χ1) is 9.61. The number of benzene rings is 1. The number of hydrogen-bond donors (Lipinski definition) is 2. The molecule has 0 fully saturated rings. The predicted octanol–water partition coefficient (Wildman–Crippen LogP) is 3.26. The van der Waals surface area contributed by atoms with Gasteiger partial charge in [0.25, 0.3) is 0 Å². The average Bonchev–Trinajstić information content (AvgIpc) is 2.42. The van der Waals surface area contributed by atoms with Gasteiger partial charge in [-0.25, -0.2) is 4.79 Å². The predicted molar refractivity (Wildman–Crippen MR) is 84.0 cm³/mol. The number of unbranched alkanes of at least 4 members (excludes halogenated alkanes) is 1. The highest BCUT2D eigenvalue weighted by Crippen LogP contribution is 2.13. The third-order valence-corrected chi connectivity index (χ3v) is 3.51. The van der Waals surface area contributed by atoms with Gasteiger partial charge in [0.2, 0.25) is 5.91 Å². The minimum Gasteiger partial charge on any atom is -0.478 e. The van der Waals surface area contributed by atoms with Gasteiger partial charge in [-0.1, -0.05) is 25.5 Å². The van der Waals surface area contributed by atoms with Gasteiger partial charge in [0.15, 0.2) is 0 Å². The molecule has 1 aromatic rings. The number of nitrogens with one attached hydrogen (secondary N) is 1. The van der Waals surface area contributed by atoms with Crippen LogP contribution < -0.4 is 5.32 Å². The van der Waals surface area contributed by atoms with E-state index in [2.05, 4.69) is 12.2 Å². The molecule has 0 atom stereocenters. The number of thioether (sulfide) groups is 1. The lowest BCUT2D eigenvalue weighted by Crippen LogP contribution is -2.14. The molecule has 0 saturated heterocycles. The Hall–Kier alpha value is -1.75. The van der Waals surface area contributed by atoms with Crippen LogP contribution in [0, 0.1) is 0 Å². The van der Waals surface area contributed by atoms with Gasteiger partial charge < -0.3 is 10.4 Å². The number of carbonyl (C=O) groups excluding carboxylic acids is 1. The van der Waals surface area contributed by atoms with Gasteiger partial charge in [0.1, 0.15) is 0 Å². The Morgan fingerprint density at radius 1 is 1.40 bits per heavy atom. The standard InChI is InChI=1S/C15H19NO3S/c1-2-3-9-20-11-14(17)16-13-6-4-5-12(10-13)7-8-15(18)19/h4-8,10H,2-3,9,11H2,1H3,(H,16,17)(H,18,19)/b8-7+. The van der Waals surface area contributed by atoms with Gasteiger partial charge in [-0.3, -0.25) is 4.79 Å². The molecule has 20 heavy (non-hydrogen) atoms. The summed E-state index contributed by atoms with van der Waals surface area (Å²) in [6.07, 6.45) is 4.81. The van der Waals surface area contributed by atoms with Gasteiger partial charge in [0, 0.05) is 11.8 Å². The van der Waals surface area contributed by atoms with Crippen LogP contribution in [0.2, 0.25) is 0 Å². The molecule has 2 N–H and O–H groups in total. The number of hydrogen-bond acceptors (Lipinski definition) is 3. The molecule has 0 aliphatic heterocycles. The Labute approximate surface area is 123 Å². The molecule has 0 unspecified atom stereocenters. The largest absolute Gasteiger partial charge is 0.478 e. The van der Waals surface area contributed by atoms with Crippen LogP contribution in [-0.2, 0) is 9.59 Å². The van der Waals surface area contributed by atoms with Gasteiger partial charge in [-0.05, 0) is 35.9 Å². The minimum absolute atomic E-state index is 0.0366. The van der Waals surface area contributed by atoms with Crippen molar-refractivity contribution < 1.29 is 14.7 Å². The van der Waals surface area contributed by atoms with Crippen LogP contribution in [0.4, 0.5) is 5.69 Å². The molecule has 0 aromatic heterocycles. The number of aliphatic carboxylic acids is 1. The summed E-state index contributed by atoms with van der Waals surface area (Å²) in [6.45, 7) is 2.12. The molecular formula is C15H19NO3S. The monoisotopic (exact) mass is 293 g/mol. The highest BCUT2D eigenvalue weighted by Gasteiger charge is 2.02. The first kappa shape index (κ1) is 16.3. The van der Waals surface area contributed by atoms with Crippen molar-refractivity contribution >= 4 is 35.4 Å². The van der Waals surface area contributed by atoms with Crippen LogP contribution in [0.1, 0.15) is 25.3 Å². The van der Waals surface area contributed by atoms with E-state index in [0.717, 1.165) is 30.2 Å². The van der Waals surface area contributed by atoms with E-state index in [-0.39, 0.29) is 5.91 Å². The van der Waals surface area contributed by atoms with Crippen LogP contribution in [0.15, 0.2) is 30.3 Å². The maximum absolute atomic E-state index is 11.7. The first-order valence-corrected chi connectivity index (χ1v) is 7.66. The number of anilines is 1. The average molecular weight is 293 g/mol. The molecule has 1 aromatic carbocycles. The zero-order valence-corrected chi connectivity index (χ0v) is 12.3. The van der Waals surface area contributed by atoms with Crippen LogP contribution in [0.25, 0.3) is 6.08 Å². The molecule has 1 amide bonds. The van der Waals surface area contributed by atoms with Crippen molar-refractivity contribution in [3.05, 3.63) is 35.9 Å². The maximum Gasteiger partial charge on any atom is 0.328 e. The van der Waals surface area contributed by atoms with Crippen molar-refractivity contribution in [3.8, 4) is 0 Å². The summed E-state index contributed by atoms with van der Waals surface area (Å²) in [4.78, 5) is 22.2. The summed E-state index contributed by atoms with van der Waals surface area (Å²) in [7, 11) is 0. The van der Waals surface area contributed by atoms with Crippen molar-refractivity contribution in [2.75, 3.05) is 16.8 Å². The fourth-order valence-electron chi connectivity index (χ4n) is 1.50. The van der Waals surface area contributed by atoms with E-state index in [1.54, 1.807) is 36.0 Å². The second-order valence-electron chi connectivity index (χ2n) is 4.25. The Bertz CT molecular complexity index is 486. The van der Waals surface area contributed by atoms with E-state index in [0.29, 0.717) is 11.4 Å². The highest BCUT2D eigenvalue weighted by atomic mass is 32.2. The summed E-state index contributed by atoms with van der Waals surface area (Å²) in [5.41, 5.74) is 1.42. The van der Waals surface area contributed by atoms with Crippen LogP contribution in [0.5, 0.6) is 0 Å². The number of carbonyl (C=O) groups is 2. The molecule has 0 heterocycles. The van der Waals surface area contributed by atoms with Crippen molar-refractivity contribution in [2.45, 2.75) is 19.8 Å². The second-order valence-corrected chi connectivity index (χ2v) is 5.36. The number of amides is 1. The molecule has 4 nitrogen and oxygen atoms in total. The number of carboxylic acids is 1. The van der Waals surface area contributed by atoms with Gasteiger partial charge in [-0.15, -0.1) is 0 Å². The Morgan fingerprint density at radius 3 is 2.90 bits per heavy atom. The minimum atomic E-state index is -0.994. The zero-order valence-electron chi connectivity index (χ0n) is 11.5. The lowest BCUT2D eigenvalue weighted by Gasteiger charge is -2.05. The summed E-state index contributed by atoms with van der Waals surface area (Å²) < 4.78 is 0. The van der Waals surface area contributed by atoms with Crippen LogP contribution >= 0.6 is 11.8 Å². The summed E-state index contributed by atoms with van der Waals surface area (Å²) in [5, 5.41) is 11.4. The molecule has 0 spiro atoms. The van der Waals surface area contributed by atoms with Crippen LogP contribution in [0.3, 0.4) is 0 Å². The Kier molecular flexibility index (Phi) is 7.50. The van der Waals surface area contributed by atoms with E-state index in [1.807, 2.05) is 0 Å². The molecular weight excluding hydrogens is 274 g/mol. The quantitative estimate of drug-likeness (QED) is 0.570. The fourth-order valence-corrected chi connectivity index (χ4v) is 2.39. The lowest BCUT2D eigenvalue weighted by molar-refractivity contribution is -0.131.